The van der Waals surface area contributed by atoms with Crippen LogP contribution in [0, 0.1) is 0 Å². The van der Waals surface area contributed by atoms with Crippen molar-refractivity contribution in [3.63, 3.8) is 0 Å². The number of benzene rings is 1. The predicted octanol–water partition coefficient (Wildman–Crippen LogP) is 5.44. The molecule has 0 unspecified atom stereocenters. The minimum Gasteiger partial charge on any atom is -0.437 e. The van der Waals surface area contributed by atoms with E-state index < -0.39 is 0 Å². The Morgan fingerprint density at radius 3 is 2.71 bits per heavy atom. The van der Waals surface area contributed by atoms with Gasteiger partial charge in [0.05, 0.1) is 9.04 Å². The Bertz CT molecular complexity index is 1320. The molecule has 176 valence electrons. The molecule has 1 saturated heterocycles. The average Bonchev–Trinajstić information content (AvgIpc) is 3.45. The molecule has 1 aliphatic rings. The van der Waals surface area contributed by atoms with Crippen LogP contribution in [-0.2, 0) is 4.79 Å². The summed E-state index contributed by atoms with van der Waals surface area (Å²) in [7, 11) is 0. The molecule has 4 heterocycles. The number of carbonyl (C=O) groups is 1. The van der Waals surface area contributed by atoms with Crippen molar-refractivity contribution in [2.24, 2.45) is 0 Å². The minimum atomic E-state index is -0.157. The quantitative estimate of drug-likeness (QED) is 0.367. The van der Waals surface area contributed by atoms with E-state index in [0.29, 0.717) is 28.3 Å². The Morgan fingerprint density at radius 1 is 1.15 bits per heavy atom. The maximum Gasteiger partial charge on any atom is 0.224 e. The van der Waals surface area contributed by atoms with Gasteiger partial charge in [-0.2, -0.15) is 0 Å². The Hall–Kier alpha value is -2.79. The van der Waals surface area contributed by atoms with Crippen LogP contribution in [0.25, 0.3) is 10.2 Å². The van der Waals surface area contributed by atoms with Gasteiger partial charge in [0.2, 0.25) is 11.8 Å². The van der Waals surface area contributed by atoms with E-state index in [1.165, 1.54) is 29.5 Å². The van der Waals surface area contributed by atoms with Crippen LogP contribution in [0.2, 0.25) is 4.34 Å². The summed E-state index contributed by atoms with van der Waals surface area (Å²) in [6.07, 6.45) is 1.53. The van der Waals surface area contributed by atoms with E-state index in [1.807, 2.05) is 30.3 Å². The summed E-state index contributed by atoms with van der Waals surface area (Å²) in [5.74, 6) is 1.72. The molecule has 1 N–H and O–H groups in total. The van der Waals surface area contributed by atoms with Gasteiger partial charge < -0.3 is 15.0 Å². The molecular formula is C23H23ClN6O2S2. The van der Waals surface area contributed by atoms with Crippen molar-refractivity contribution in [3.05, 3.63) is 51.9 Å². The van der Waals surface area contributed by atoms with Crippen molar-refractivity contribution >= 4 is 61.3 Å². The highest BCUT2D eigenvalue weighted by Crippen LogP contribution is 2.35. The molecule has 1 aliphatic heterocycles. The summed E-state index contributed by atoms with van der Waals surface area (Å²) in [4.78, 5) is 30.7. The standard InChI is InChI=1S/C23H23ClN6O2S2/c1-14(17-6-7-19(24)33-17)29-8-10-30(11-9-29)20-12-21(26-13-25-20)32-16-4-3-5-18-22(16)28-23(34-18)27-15(2)31/h3-7,12-14H,8-11H2,1-2H3,(H,27,28,31)/t14-/m1/s1. The number of hydrogen-bond acceptors (Lipinski definition) is 9. The molecular weight excluding hydrogens is 492 g/mol. The third kappa shape index (κ3) is 5.00. The van der Waals surface area contributed by atoms with Gasteiger partial charge >= 0.3 is 0 Å². The van der Waals surface area contributed by atoms with E-state index in [0.717, 1.165) is 41.0 Å². The molecule has 5 rings (SSSR count). The first-order chi connectivity index (χ1) is 16.5. The Labute approximate surface area is 210 Å². The number of hydrogen-bond donors (Lipinski definition) is 1. The van der Waals surface area contributed by atoms with Crippen molar-refractivity contribution in [2.75, 3.05) is 36.4 Å². The summed E-state index contributed by atoms with van der Waals surface area (Å²) in [5, 5.41) is 3.27. The van der Waals surface area contributed by atoms with Gasteiger partial charge in [0, 0.05) is 50.1 Å². The topological polar surface area (TPSA) is 83.5 Å². The fraction of sp³-hybridized carbons (Fsp3) is 0.304. The van der Waals surface area contributed by atoms with E-state index >= 15 is 0 Å². The molecule has 8 nitrogen and oxygen atoms in total. The van der Waals surface area contributed by atoms with Crippen LogP contribution in [0.15, 0.2) is 42.7 Å². The van der Waals surface area contributed by atoms with Crippen LogP contribution in [-0.4, -0.2) is 51.9 Å². The maximum atomic E-state index is 11.4. The number of amides is 1. The van der Waals surface area contributed by atoms with E-state index in [1.54, 1.807) is 11.3 Å². The van der Waals surface area contributed by atoms with E-state index in [2.05, 4.69) is 43.1 Å². The first kappa shape index (κ1) is 23.0. The van der Waals surface area contributed by atoms with Gasteiger partial charge in [-0.05, 0) is 31.2 Å². The smallest absolute Gasteiger partial charge is 0.224 e. The van der Waals surface area contributed by atoms with Crippen molar-refractivity contribution in [2.45, 2.75) is 19.9 Å². The molecule has 11 heteroatoms. The second-order valence-corrected chi connectivity index (χ2v) is 10.7. The minimum absolute atomic E-state index is 0.157. The lowest BCUT2D eigenvalue weighted by atomic mass is 10.2. The number of aromatic nitrogens is 3. The zero-order valence-electron chi connectivity index (χ0n) is 18.7. The average molecular weight is 515 g/mol. The SMILES string of the molecule is CC(=O)Nc1nc2c(Oc3cc(N4CCN([C@H](C)c5ccc(Cl)s5)CC4)ncn3)cccc2s1. The number of nitrogens with one attached hydrogen (secondary N) is 1. The number of rotatable bonds is 6. The molecule has 0 radical (unpaired) electrons. The highest BCUT2D eigenvalue weighted by molar-refractivity contribution is 7.22. The molecule has 1 aromatic carbocycles. The molecule has 0 aliphatic carbocycles. The summed E-state index contributed by atoms with van der Waals surface area (Å²) < 4.78 is 7.84. The molecule has 4 aromatic rings. The normalized spacial score (nSPS) is 15.4. The summed E-state index contributed by atoms with van der Waals surface area (Å²) in [6, 6.07) is 12.0. The zero-order valence-corrected chi connectivity index (χ0v) is 21.1. The third-order valence-electron chi connectivity index (χ3n) is 5.70. The molecule has 1 fully saturated rings. The first-order valence-electron chi connectivity index (χ1n) is 10.9. The molecule has 0 spiro atoms. The number of thiazole rings is 1. The monoisotopic (exact) mass is 514 g/mol. The fourth-order valence-corrected chi connectivity index (χ4v) is 6.03. The molecule has 0 bridgehead atoms. The maximum absolute atomic E-state index is 11.4. The predicted molar refractivity (Wildman–Crippen MR) is 138 cm³/mol. The van der Waals surface area contributed by atoms with Crippen LogP contribution in [0.5, 0.6) is 11.6 Å². The second kappa shape index (κ2) is 9.83. The molecule has 3 aromatic heterocycles. The summed E-state index contributed by atoms with van der Waals surface area (Å²) in [6.45, 7) is 7.28. The molecule has 0 saturated carbocycles. The van der Waals surface area contributed by atoms with Crippen molar-refractivity contribution in [1.29, 1.82) is 0 Å². The van der Waals surface area contributed by atoms with Crippen LogP contribution in [0.1, 0.15) is 24.8 Å². The number of anilines is 2. The number of halogens is 1. The highest BCUT2D eigenvalue weighted by atomic mass is 35.5. The number of fused-ring (bicyclic) bond motifs is 1. The number of nitrogens with zero attached hydrogens (tertiary/aromatic N) is 5. The van der Waals surface area contributed by atoms with Crippen LogP contribution < -0.4 is 15.0 Å². The molecule has 1 amide bonds. The van der Waals surface area contributed by atoms with Crippen LogP contribution in [0.3, 0.4) is 0 Å². The Balaban J connectivity index is 1.27. The van der Waals surface area contributed by atoms with Gasteiger partial charge in [-0.1, -0.05) is 29.0 Å². The van der Waals surface area contributed by atoms with Gasteiger partial charge in [0.1, 0.15) is 17.7 Å². The van der Waals surface area contributed by atoms with E-state index in [9.17, 15) is 4.79 Å². The lowest BCUT2D eigenvalue weighted by molar-refractivity contribution is -0.114. The van der Waals surface area contributed by atoms with Gasteiger partial charge in [-0.25, -0.2) is 15.0 Å². The van der Waals surface area contributed by atoms with Gasteiger partial charge in [0.25, 0.3) is 0 Å². The van der Waals surface area contributed by atoms with Crippen molar-refractivity contribution in [1.82, 2.24) is 19.9 Å². The van der Waals surface area contributed by atoms with E-state index in [4.69, 9.17) is 16.3 Å². The first-order valence-corrected chi connectivity index (χ1v) is 12.9. The summed E-state index contributed by atoms with van der Waals surface area (Å²) in [5.41, 5.74) is 0.688. The molecule has 34 heavy (non-hydrogen) atoms. The van der Waals surface area contributed by atoms with Gasteiger partial charge in [0.15, 0.2) is 10.9 Å². The Kier molecular flexibility index (Phi) is 6.64. The van der Waals surface area contributed by atoms with Crippen LogP contribution in [0.4, 0.5) is 10.9 Å². The highest BCUT2D eigenvalue weighted by Gasteiger charge is 2.24. The Morgan fingerprint density at radius 2 is 1.97 bits per heavy atom. The number of para-hydroxylation sites is 1. The van der Waals surface area contributed by atoms with Gasteiger partial charge in [-0.15, -0.1) is 11.3 Å². The zero-order chi connectivity index (χ0) is 23.7. The largest absolute Gasteiger partial charge is 0.437 e. The number of thiophene rings is 1. The number of carbonyl (C=O) groups excluding carboxylic acids is 1. The van der Waals surface area contributed by atoms with Crippen molar-refractivity contribution < 1.29 is 9.53 Å². The van der Waals surface area contributed by atoms with Crippen LogP contribution >= 0.6 is 34.3 Å². The fourth-order valence-electron chi connectivity index (χ4n) is 3.95. The molecule has 1 atom stereocenters. The van der Waals surface area contributed by atoms with E-state index in [-0.39, 0.29) is 5.91 Å². The third-order valence-corrected chi connectivity index (χ3v) is 8.04. The lowest BCUT2D eigenvalue weighted by Gasteiger charge is -2.38. The van der Waals surface area contributed by atoms with Crippen molar-refractivity contribution in [3.8, 4) is 11.6 Å². The number of piperazine rings is 1. The number of ether oxygens (including phenoxy) is 1. The second-order valence-electron chi connectivity index (χ2n) is 7.96. The van der Waals surface area contributed by atoms with Gasteiger partial charge in [-0.3, -0.25) is 9.69 Å². The lowest BCUT2D eigenvalue weighted by Crippen LogP contribution is -2.47. The summed E-state index contributed by atoms with van der Waals surface area (Å²) >= 11 is 9.16.